The van der Waals surface area contributed by atoms with Gasteiger partial charge in [-0.05, 0) is 47.5 Å². The summed E-state index contributed by atoms with van der Waals surface area (Å²) in [5.41, 5.74) is 2.87. The number of hydrogen-bond acceptors (Lipinski definition) is 3. The molecule has 1 N–H and O–H groups in total. The molecule has 0 radical (unpaired) electrons. The maximum absolute atomic E-state index is 13.3. The smallest absolute Gasteiger partial charge is 0.270 e. The number of nitrogens with one attached hydrogen (secondary N) is 1. The highest BCUT2D eigenvalue weighted by Gasteiger charge is 2.19. The van der Waals surface area contributed by atoms with Crippen molar-refractivity contribution in [3.8, 4) is 0 Å². The second-order valence-corrected chi connectivity index (χ2v) is 5.34. The fourth-order valence-electron chi connectivity index (χ4n) is 2.79. The van der Waals surface area contributed by atoms with Crippen molar-refractivity contribution in [3.05, 3.63) is 81.3 Å². The third-order valence-electron chi connectivity index (χ3n) is 3.84. The van der Waals surface area contributed by atoms with Gasteiger partial charge in [-0.1, -0.05) is 18.2 Å². The molecule has 2 aromatic rings. The lowest BCUT2D eigenvalue weighted by Crippen LogP contribution is -2.17. The van der Waals surface area contributed by atoms with Crippen molar-refractivity contribution in [1.29, 1.82) is 0 Å². The average Bonchev–Trinajstić information content (AvgIpc) is 2.69. The van der Waals surface area contributed by atoms with Gasteiger partial charge in [-0.15, -0.1) is 0 Å². The largest absolute Gasteiger partial charge is 0.390 e. The quantitative estimate of drug-likeness (QED) is 0.695. The third-order valence-corrected chi connectivity index (χ3v) is 3.84. The van der Waals surface area contributed by atoms with Gasteiger partial charge < -0.3 is 5.32 Å². The Morgan fingerprint density at radius 3 is 2.91 bits per heavy atom. The van der Waals surface area contributed by atoms with Gasteiger partial charge in [0, 0.05) is 24.6 Å². The fourth-order valence-corrected chi connectivity index (χ4v) is 2.79. The van der Waals surface area contributed by atoms with E-state index in [1.165, 1.54) is 18.2 Å². The average molecular weight is 298 g/mol. The van der Waals surface area contributed by atoms with Crippen molar-refractivity contribution < 1.29 is 9.31 Å². The normalized spacial score (nSPS) is 16.5. The SMILES string of the molecule is O=[N+]([O-])c1ccc2c(c1)C=CNCC2Cc1cccc(F)c1. The molecular formula is C17H15FN2O2. The zero-order chi connectivity index (χ0) is 15.5. The van der Waals surface area contributed by atoms with Crippen LogP contribution in [0.25, 0.3) is 6.08 Å². The third kappa shape index (κ3) is 2.98. The predicted octanol–water partition coefficient (Wildman–Crippen LogP) is 3.63. The topological polar surface area (TPSA) is 55.2 Å². The van der Waals surface area contributed by atoms with Crippen molar-refractivity contribution in [1.82, 2.24) is 5.32 Å². The van der Waals surface area contributed by atoms with Crippen LogP contribution in [0.1, 0.15) is 22.6 Å². The molecule has 2 aromatic carbocycles. The second kappa shape index (κ2) is 5.97. The molecule has 0 aromatic heterocycles. The van der Waals surface area contributed by atoms with Gasteiger partial charge in [-0.3, -0.25) is 10.1 Å². The van der Waals surface area contributed by atoms with Crippen LogP contribution in [-0.4, -0.2) is 11.5 Å². The Labute approximate surface area is 127 Å². The van der Waals surface area contributed by atoms with E-state index in [4.69, 9.17) is 0 Å². The minimum Gasteiger partial charge on any atom is -0.390 e. The lowest BCUT2D eigenvalue weighted by atomic mass is 9.89. The summed E-state index contributed by atoms with van der Waals surface area (Å²) >= 11 is 0. The molecule has 1 heterocycles. The fraction of sp³-hybridized carbons (Fsp3) is 0.176. The van der Waals surface area contributed by atoms with Crippen LogP contribution in [-0.2, 0) is 6.42 Å². The van der Waals surface area contributed by atoms with E-state index in [-0.39, 0.29) is 17.4 Å². The van der Waals surface area contributed by atoms with Crippen LogP contribution in [0.15, 0.2) is 48.7 Å². The Balaban J connectivity index is 1.93. The lowest BCUT2D eigenvalue weighted by Gasteiger charge is -2.18. The number of halogens is 1. The minimum absolute atomic E-state index is 0.0785. The van der Waals surface area contributed by atoms with Gasteiger partial charge in [-0.2, -0.15) is 0 Å². The Morgan fingerprint density at radius 2 is 2.14 bits per heavy atom. The zero-order valence-electron chi connectivity index (χ0n) is 11.8. The monoisotopic (exact) mass is 298 g/mol. The van der Waals surface area contributed by atoms with Gasteiger partial charge in [0.05, 0.1) is 4.92 Å². The molecule has 5 heteroatoms. The van der Waals surface area contributed by atoms with Gasteiger partial charge in [0.1, 0.15) is 5.82 Å². The van der Waals surface area contributed by atoms with Crippen LogP contribution >= 0.6 is 0 Å². The van der Waals surface area contributed by atoms with E-state index in [9.17, 15) is 14.5 Å². The summed E-state index contributed by atoms with van der Waals surface area (Å²) in [4.78, 5) is 10.5. The number of non-ortho nitro benzene ring substituents is 1. The molecule has 0 bridgehead atoms. The van der Waals surface area contributed by atoms with Crippen LogP contribution in [0.5, 0.6) is 0 Å². The Hall–Kier alpha value is -2.69. The molecule has 1 aliphatic rings. The molecule has 0 fully saturated rings. The highest BCUT2D eigenvalue weighted by molar-refractivity contribution is 5.59. The first kappa shape index (κ1) is 14.3. The van der Waals surface area contributed by atoms with Crippen molar-refractivity contribution in [3.63, 3.8) is 0 Å². The number of nitrogens with zero attached hydrogens (tertiary/aromatic N) is 1. The summed E-state index contributed by atoms with van der Waals surface area (Å²) in [6.07, 6.45) is 4.32. The standard InChI is InChI=1S/C17H15FN2O2/c18-15-3-1-2-12(9-15)8-14-11-19-7-6-13-10-16(20(21)22)4-5-17(13)14/h1-7,9-10,14,19H,8,11H2. The van der Waals surface area contributed by atoms with Crippen LogP contribution in [0.3, 0.4) is 0 Å². The van der Waals surface area contributed by atoms with Gasteiger partial charge in [0.15, 0.2) is 0 Å². The molecule has 3 rings (SSSR count). The van der Waals surface area contributed by atoms with Crippen molar-refractivity contribution in [2.24, 2.45) is 0 Å². The van der Waals surface area contributed by atoms with Gasteiger partial charge in [-0.25, -0.2) is 4.39 Å². The molecule has 22 heavy (non-hydrogen) atoms. The van der Waals surface area contributed by atoms with E-state index in [0.717, 1.165) is 16.7 Å². The molecule has 0 saturated carbocycles. The molecule has 112 valence electrons. The summed E-state index contributed by atoms with van der Waals surface area (Å²) in [6, 6.07) is 11.5. The first-order valence-corrected chi connectivity index (χ1v) is 7.06. The lowest BCUT2D eigenvalue weighted by molar-refractivity contribution is -0.384. The van der Waals surface area contributed by atoms with Gasteiger partial charge in [0.25, 0.3) is 5.69 Å². The minimum atomic E-state index is -0.395. The van der Waals surface area contributed by atoms with Crippen molar-refractivity contribution in [2.75, 3.05) is 6.54 Å². The van der Waals surface area contributed by atoms with Crippen molar-refractivity contribution >= 4 is 11.8 Å². The highest BCUT2D eigenvalue weighted by atomic mass is 19.1. The van der Waals surface area contributed by atoms with Gasteiger partial charge >= 0.3 is 0 Å². The Bertz CT molecular complexity index is 743. The molecule has 0 spiro atoms. The Kier molecular flexibility index (Phi) is 3.87. The molecule has 1 unspecified atom stereocenters. The molecule has 0 saturated heterocycles. The molecule has 1 atom stereocenters. The molecule has 0 amide bonds. The zero-order valence-corrected chi connectivity index (χ0v) is 11.8. The predicted molar refractivity (Wildman–Crippen MR) is 83.0 cm³/mol. The first-order valence-electron chi connectivity index (χ1n) is 7.06. The molecular weight excluding hydrogens is 283 g/mol. The summed E-state index contributed by atoms with van der Waals surface area (Å²) < 4.78 is 13.3. The van der Waals surface area contributed by atoms with E-state index in [2.05, 4.69) is 5.32 Å². The first-order chi connectivity index (χ1) is 10.6. The molecule has 4 nitrogen and oxygen atoms in total. The molecule has 1 aliphatic heterocycles. The number of benzene rings is 2. The summed E-state index contributed by atoms with van der Waals surface area (Å²) in [5, 5.41) is 14.1. The molecule has 0 aliphatic carbocycles. The van der Waals surface area contributed by atoms with E-state index in [1.54, 1.807) is 24.4 Å². The number of nitro groups is 1. The van der Waals surface area contributed by atoms with Gasteiger partial charge in [0.2, 0.25) is 0 Å². The number of nitro benzene ring substituents is 1. The number of hydrogen-bond donors (Lipinski definition) is 1. The van der Waals surface area contributed by atoms with Crippen LogP contribution in [0.2, 0.25) is 0 Å². The maximum atomic E-state index is 13.3. The second-order valence-electron chi connectivity index (χ2n) is 5.34. The highest BCUT2D eigenvalue weighted by Crippen LogP contribution is 2.29. The van der Waals surface area contributed by atoms with E-state index in [0.29, 0.717) is 13.0 Å². The van der Waals surface area contributed by atoms with Crippen LogP contribution in [0.4, 0.5) is 10.1 Å². The van der Waals surface area contributed by atoms with E-state index in [1.807, 2.05) is 12.1 Å². The van der Waals surface area contributed by atoms with Crippen LogP contribution in [0, 0.1) is 15.9 Å². The number of fused-ring (bicyclic) bond motifs is 1. The number of rotatable bonds is 3. The maximum Gasteiger partial charge on any atom is 0.270 e. The summed E-state index contributed by atoms with van der Waals surface area (Å²) in [6.45, 7) is 0.706. The summed E-state index contributed by atoms with van der Waals surface area (Å²) in [7, 11) is 0. The van der Waals surface area contributed by atoms with Crippen LogP contribution < -0.4 is 5.32 Å². The summed E-state index contributed by atoms with van der Waals surface area (Å²) in [5.74, 6) is -0.117. The Morgan fingerprint density at radius 1 is 1.27 bits per heavy atom. The van der Waals surface area contributed by atoms with Crippen molar-refractivity contribution in [2.45, 2.75) is 12.3 Å². The van der Waals surface area contributed by atoms with E-state index < -0.39 is 4.92 Å². The van der Waals surface area contributed by atoms with E-state index >= 15 is 0 Å².